The Hall–Kier alpha value is -4.00. The van der Waals surface area contributed by atoms with Gasteiger partial charge in [0.05, 0.1) is 11.3 Å². The van der Waals surface area contributed by atoms with Gasteiger partial charge in [-0.25, -0.2) is 9.37 Å². The Kier molecular flexibility index (Phi) is 6.03. The van der Waals surface area contributed by atoms with E-state index in [4.69, 9.17) is 4.98 Å². The number of para-hydroxylation sites is 1. The Morgan fingerprint density at radius 3 is 2.26 bits per heavy atom. The predicted molar refractivity (Wildman–Crippen MR) is 122 cm³/mol. The second-order valence-corrected chi connectivity index (χ2v) is 6.99. The number of nitrogens with one attached hydrogen (secondary N) is 2. The highest BCUT2D eigenvalue weighted by Crippen LogP contribution is 2.28. The minimum atomic E-state index is -0.358. The molecule has 7 heteroatoms. The number of pyridine rings is 1. The molecule has 0 aliphatic rings. The van der Waals surface area contributed by atoms with Gasteiger partial charge in [0.15, 0.2) is 0 Å². The van der Waals surface area contributed by atoms with Gasteiger partial charge in [-0.15, -0.1) is 0 Å². The quantitative estimate of drug-likeness (QED) is 0.443. The first-order valence-corrected chi connectivity index (χ1v) is 9.93. The molecule has 0 atom stereocenters. The van der Waals surface area contributed by atoms with Crippen LogP contribution in [0.5, 0.6) is 0 Å². The van der Waals surface area contributed by atoms with Gasteiger partial charge in [-0.05, 0) is 42.0 Å². The van der Waals surface area contributed by atoms with Gasteiger partial charge in [0.25, 0.3) is 5.56 Å². The predicted octanol–water partition coefficient (Wildman–Crippen LogP) is 4.17. The summed E-state index contributed by atoms with van der Waals surface area (Å²) in [5.74, 6) is 0.0979. The van der Waals surface area contributed by atoms with Crippen molar-refractivity contribution < 1.29 is 4.39 Å². The molecule has 6 nitrogen and oxygen atoms in total. The lowest BCUT2D eigenvalue weighted by Crippen LogP contribution is -2.26. The van der Waals surface area contributed by atoms with E-state index in [2.05, 4.69) is 15.6 Å². The zero-order valence-corrected chi connectivity index (χ0v) is 17.0. The van der Waals surface area contributed by atoms with Gasteiger partial charge in [0, 0.05) is 43.8 Å². The van der Waals surface area contributed by atoms with E-state index >= 15 is 0 Å². The zero-order chi connectivity index (χ0) is 21.6. The summed E-state index contributed by atoms with van der Waals surface area (Å²) in [6.07, 6.45) is 3.31. The maximum atomic E-state index is 13.4. The lowest BCUT2D eigenvalue weighted by molar-refractivity contribution is 0.628. The van der Waals surface area contributed by atoms with Crippen molar-refractivity contribution in [3.8, 4) is 22.4 Å². The fraction of sp³-hybridized carbons (Fsp3) is 0.125. The zero-order valence-electron chi connectivity index (χ0n) is 17.0. The second-order valence-electron chi connectivity index (χ2n) is 6.99. The molecule has 0 bridgehead atoms. The van der Waals surface area contributed by atoms with Crippen LogP contribution in [0.4, 0.5) is 16.0 Å². The lowest BCUT2D eigenvalue weighted by Gasteiger charge is -2.16. The van der Waals surface area contributed by atoms with Gasteiger partial charge >= 0.3 is 0 Å². The van der Waals surface area contributed by atoms with Gasteiger partial charge < -0.3 is 10.6 Å². The smallest absolute Gasteiger partial charge is 0.263 e. The van der Waals surface area contributed by atoms with Crippen molar-refractivity contribution in [2.24, 2.45) is 7.05 Å². The minimum absolute atomic E-state index is 0.216. The molecule has 31 heavy (non-hydrogen) atoms. The Morgan fingerprint density at radius 2 is 1.55 bits per heavy atom. The van der Waals surface area contributed by atoms with E-state index in [0.717, 1.165) is 11.3 Å². The topological polar surface area (TPSA) is 71.8 Å². The highest BCUT2D eigenvalue weighted by atomic mass is 19.1. The van der Waals surface area contributed by atoms with E-state index in [9.17, 15) is 9.18 Å². The Labute approximate surface area is 179 Å². The number of benzene rings is 2. The molecular weight excluding hydrogens is 393 g/mol. The first-order chi connectivity index (χ1) is 15.1. The van der Waals surface area contributed by atoms with Crippen molar-refractivity contribution in [3.05, 3.63) is 95.3 Å². The maximum Gasteiger partial charge on any atom is 0.263 e. The molecule has 0 saturated heterocycles. The molecule has 2 N–H and O–H groups in total. The van der Waals surface area contributed by atoms with Crippen LogP contribution < -0.4 is 16.2 Å². The number of halogens is 1. The van der Waals surface area contributed by atoms with Crippen molar-refractivity contribution in [3.63, 3.8) is 0 Å². The summed E-state index contributed by atoms with van der Waals surface area (Å²) in [5, 5.41) is 6.55. The third-order valence-electron chi connectivity index (χ3n) is 4.89. The number of rotatable bonds is 7. The van der Waals surface area contributed by atoms with Crippen molar-refractivity contribution in [1.82, 2.24) is 14.5 Å². The Morgan fingerprint density at radius 1 is 0.871 bits per heavy atom. The highest BCUT2D eigenvalue weighted by Gasteiger charge is 2.18. The summed E-state index contributed by atoms with van der Waals surface area (Å²) in [6.45, 7) is 1.23. The molecule has 0 spiro atoms. The van der Waals surface area contributed by atoms with E-state index in [1.165, 1.54) is 16.7 Å². The van der Waals surface area contributed by atoms with E-state index in [1.807, 2.05) is 30.3 Å². The van der Waals surface area contributed by atoms with E-state index < -0.39 is 0 Å². The van der Waals surface area contributed by atoms with Gasteiger partial charge in [-0.2, -0.15) is 0 Å². The van der Waals surface area contributed by atoms with Crippen LogP contribution in [-0.4, -0.2) is 27.6 Å². The maximum absolute atomic E-state index is 13.4. The third-order valence-corrected chi connectivity index (χ3v) is 4.89. The van der Waals surface area contributed by atoms with Gasteiger partial charge in [-0.3, -0.25) is 14.3 Å². The monoisotopic (exact) mass is 415 g/mol. The number of hydrogen-bond acceptors (Lipinski definition) is 5. The largest absolute Gasteiger partial charge is 0.383 e. The van der Waals surface area contributed by atoms with Crippen LogP contribution >= 0.6 is 0 Å². The first kappa shape index (κ1) is 20.3. The third kappa shape index (κ3) is 4.61. The number of aromatic nitrogens is 3. The summed E-state index contributed by atoms with van der Waals surface area (Å²) >= 11 is 0. The van der Waals surface area contributed by atoms with E-state index in [1.54, 1.807) is 43.7 Å². The minimum Gasteiger partial charge on any atom is -0.383 e. The molecule has 156 valence electrons. The fourth-order valence-corrected chi connectivity index (χ4v) is 3.29. The van der Waals surface area contributed by atoms with E-state index in [0.29, 0.717) is 35.9 Å². The van der Waals surface area contributed by atoms with Crippen LogP contribution in [0.2, 0.25) is 0 Å². The summed E-state index contributed by atoms with van der Waals surface area (Å²) in [5.41, 5.74) is 3.12. The molecule has 0 aliphatic carbocycles. The fourth-order valence-electron chi connectivity index (χ4n) is 3.29. The molecular formula is C24H22FN5O. The molecule has 0 fully saturated rings. The molecule has 2 aromatic heterocycles. The van der Waals surface area contributed by atoms with Crippen LogP contribution in [0, 0.1) is 5.82 Å². The summed E-state index contributed by atoms with van der Waals surface area (Å²) in [6, 6.07) is 19.4. The summed E-state index contributed by atoms with van der Waals surface area (Å²) in [4.78, 5) is 22.1. The molecule has 4 rings (SSSR count). The SMILES string of the molecule is Cn1c(NCCNc2ccccc2)nc(-c2ccncc2)c(-c2ccc(F)cc2)c1=O. The Balaban J connectivity index is 1.66. The van der Waals surface area contributed by atoms with E-state index in [-0.39, 0.29) is 11.4 Å². The number of anilines is 2. The lowest BCUT2D eigenvalue weighted by atomic mass is 10.0. The normalized spacial score (nSPS) is 10.6. The molecule has 0 amide bonds. The summed E-state index contributed by atoms with van der Waals surface area (Å²) in [7, 11) is 1.67. The van der Waals surface area contributed by atoms with Crippen molar-refractivity contribution in [1.29, 1.82) is 0 Å². The second kappa shape index (κ2) is 9.21. The molecule has 4 aromatic rings. The number of hydrogen-bond donors (Lipinski definition) is 2. The molecule has 2 heterocycles. The molecule has 2 aromatic carbocycles. The molecule has 0 saturated carbocycles. The van der Waals surface area contributed by atoms with Crippen LogP contribution in [0.3, 0.4) is 0 Å². The van der Waals surface area contributed by atoms with Crippen LogP contribution in [-0.2, 0) is 7.05 Å². The Bertz CT molecular complexity index is 1210. The van der Waals surface area contributed by atoms with Crippen LogP contribution in [0.15, 0.2) is 83.9 Å². The standard InChI is InChI=1S/C24H22FN5O/c1-30-23(31)21(17-7-9-19(25)10-8-17)22(18-11-13-26-14-12-18)29-24(30)28-16-15-27-20-5-3-2-4-6-20/h2-14,27H,15-16H2,1H3,(H,28,29). The highest BCUT2D eigenvalue weighted by molar-refractivity contribution is 5.80. The number of nitrogens with zero attached hydrogens (tertiary/aromatic N) is 3. The van der Waals surface area contributed by atoms with Gasteiger partial charge in [0.2, 0.25) is 5.95 Å². The van der Waals surface area contributed by atoms with Crippen molar-refractivity contribution in [2.75, 3.05) is 23.7 Å². The molecule has 0 radical (unpaired) electrons. The average molecular weight is 415 g/mol. The van der Waals surface area contributed by atoms with Gasteiger partial charge in [0.1, 0.15) is 5.82 Å². The van der Waals surface area contributed by atoms with Crippen LogP contribution in [0.1, 0.15) is 0 Å². The molecule has 0 aliphatic heterocycles. The average Bonchev–Trinajstić information content (AvgIpc) is 2.81. The van der Waals surface area contributed by atoms with Crippen molar-refractivity contribution in [2.45, 2.75) is 0 Å². The first-order valence-electron chi connectivity index (χ1n) is 9.93. The van der Waals surface area contributed by atoms with Crippen molar-refractivity contribution >= 4 is 11.6 Å². The summed E-state index contributed by atoms with van der Waals surface area (Å²) < 4.78 is 14.9. The van der Waals surface area contributed by atoms with Crippen LogP contribution in [0.25, 0.3) is 22.4 Å². The molecule has 0 unspecified atom stereocenters. The van der Waals surface area contributed by atoms with Gasteiger partial charge in [-0.1, -0.05) is 30.3 Å².